The van der Waals surface area contributed by atoms with Crippen LogP contribution in [0.4, 0.5) is 30.4 Å². The van der Waals surface area contributed by atoms with E-state index >= 15 is 4.79 Å². The number of rotatable bonds is 6. The van der Waals surface area contributed by atoms with Crippen molar-refractivity contribution in [3.05, 3.63) is 122 Å². The first kappa shape index (κ1) is 40.0. The lowest BCUT2D eigenvalue weighted by Crippen LogP contribution is -2.53. The van der Waals surface area contributed by atoms with E-state index in [4.69, 9.17) is 27.9 Å². The highest BCUT2D eigenvalue weighted by Gasteiger charge is 2.70. The van der Waals surface area contributed by atoms with Gasteiger partial charge in [0.15, 0.2) is 5.82 Å². The maximum atomic E-state index is 15.5. The summed E-state index contributed by atoms with van der Waals surface area (Å²) in [5.41, 5.74) is 3.90. The van der Waals surface area contributed by atoms with Crippen LogP contribution in [-0.2, 0) is 35.5 Å². The minimum Gasteiger partial charge on any atom is -0.507 e. The SMILES string of the molecule is Cc1cc(C2C3=CCC4C(=O)N(c5ccc(N6CCOCC6)cc5)C(=O)C4C3CC3C(=O)N(Nc4ncc(C(F)(F)F)cc4Cl)C(=O)C32c2ccc(Cl)cc2)cc(C)c1O. The second-order valence-corrected chi connectivity index (χ2v) is 16.9. The first-order valence-electron chi connectivity index (χ1n) is 19.6. The average Bonchev–Trinajstić information content (AvgIpc) is 3.61. The number of alkyl halides is 3. The van der Waals surface area contributed by atoms with Crippen molar-refractivity contribution < 1.29 is 42.2 Å². The molecule has 9 rings (SSSR count). The van der Waals surface area contributed by atoms with Crippen molar-refractivity contribution in [3.8, 4) is 5.75 Å². The van der Waals surface area contributed by atoms with Crippen LogP contribution in [0.25, 0.3) is 0 Å². The fourth-order valence-corrected chi connectivity index (χ4v) is 10.5. The highest BCUT2D eigenvalue weighted by Crippen LogP contribution is 2.64. The highest BCUT2D eigenvalue weighted by atomic mass is 35.5. The van der Waals surface area contributed by atoms with Crippen molar-refractivity contribution in [1.29, 1.82) is 0 Å². The number of pyridine rings is 1. The molecule has 4 heterocycles. The molecule has 4 aromatic rings. The van der Waals surface area contributed by atoms with Gasteiger partial charge in [-0.1, -0.05) is 59.1 Å². The van der Waals surface area contributed by atoms with Gasteiger partial charge in [0, 0.05) is 35.9 Å². The maximum absolute atomic E-state index is 15.5. The van der Waals surface area contributed by atoms with Gasteiger partial charge < -0.3 is 14.7 Å². The lowest BCUT2D eigenvalue weighted by atomic mass is 9.49. The molecule has 0 bridgehead atoms. The number of phenolic OH excluding ortho intramolecular Hbond substituents is 1. The fraction of sp³-hybridized carbons (Fsp3) is 0.341. The minimum atomic E-state index is -4.75. The number of carbonyl (C=O) groups excluding carboxylic acids is 4. The lowest BCUT2D eigenvalue weighted by molar-refractivity contribution is -0.139. The molecule has 2 aliphatic carbocycles. The Morgan fingerprint density at radius 2 is 1.52 bits per heavy atom. The summed E-state index contributed by atoms with van der Waals surface area (Å²) in [6.45, 7) is 6.05. The molecule has 3 saturated heterocycles. The van der Waals surface area contributed by atoms with Crippen LogP contribution in [0.5, 0.6) is 5.75 Å². The molecule has 2 N–H and O–H groups in total. The largest absolute Gasteiger partial charge is 0.507 e. The Morgan fingerprint density at radius 1 is 0.867 bits per heavy atom. The molecule has 60 heavy (non-hydrogen) atoms. The van der Waals surface area contributed by atoms with E-state index in [0.29, 0.717) is 77.1 Å². The number of phenols is 1. The summed E-state index contributed by atoms with van der Waals surface area (Å²) >= 11 is 12.7. The molecule has 6 atom stereocenters. The number of amides is 4. The number of halogens is 5. The quantitative estimate of drug-likeness (QED) is 0.148. The summed E-state index contributed by atoms with van der Waals surface area (Å²) in [6, 6.07) is 18.0. The molecule has 16 heteroatoms. The first-order valence-corrected chi connectivity index (χ1v) is 20.3. The highest BCUT2D eigenvalue weighted by molar-refractivity contribution is 6.33. The number of carbonyl (C=O) groups is 4. The number of aryl methyl sites for hydroxylation is 2. The molecular formula is C44H38Cl2F3N5O6. The second-order valence-electron chi connectivity index (χ2n) is 16.0. The van der Waals surface area contributed by atoms with Crippen LogP contribution in [0.1, 0.15) is 46.6 Å². The summed E-state index contributed by atoms with van der Waals surface area (Å²) in [5, 5.41) is 11.6. The Hall–Kier alpha value is -5.44. The van der Waals surface area contributed by atoms with E-state index < -0.39 is 69.5 Å². The molecule has 1 aromatic heterocycles. The normalized spacial score (nSPS) is 26.6. The molecule has 6 unspecified atom stereocenters. The number of imide groups is 2. The number of morpholine rings is 1. The summed E-state index contributed by atoms with van der Waals surface area (Å²) < 4.78 is 46.2. The third-order valence-electron chi connectivity index (χ3n) is 12.9. The van der Waals surface area contributed by atoms with Crippen molar-refractivity contribution >= 4 is 64.0 Å². The van der Waals surface area contributed by atoms with E-state index in [1.165, 1.54) is 4.90 Å². The monoisotopic (exact) mass is 859 g/mol. The number of fused-ring (bicyclic) bond motifs is 4. The minimum absolute atomic E-state index is 0.0259. The summed E-state index contributed by atoms with van der Waals surface area (Å²) in [5.74, 6) is -6.94. The van der Waals surface area contributed by atoms with Crippen LogP contribution in [0, 0.1) is 37.5 Å². The molecule has 3 aromatic carbocycles. The van der Waals surface area contributed by atoms with Gasteiger partial charge in [-0.15, -0.1) is 0 Å². The number of allylic oxidation sites excluding steroid dienone is 2. The van der Waals surface area contributed by atoms with Crippen molar-refractivity contribution in [2.45, 2.75) is 44.2 Å². The Kier molecular flexibility index (Phi) is 9.75. The molecule has 4 amide bonds. The van der Waals surface area contributed by atoms with Gasteiger partial charge in [0.1, 0.15) is 5.75 Å². The van der Waals surface area contributed by atoms with Crippen molar-refractivity contribution in [2.24, 2.45) is 23.7 Å². The van der Waals surface area contributed by atoms with Gasteiger partial charge in [-0.25, -0.2) is 4.98 Å². The molecule has 5 aliphatic rings. The maximum Gasteiger partial charge on any atom is 0.417 e. The number of aromatic nitrogens is 1. The number of aromatic hydroxyl groups is 1. The van der Waals surface area contributed by atoms with Crippen LogP contribution in [-0.4, -0.2) is 65.0 Å². The van der Waals surface area contributed by atoms with Crippen LogP contribution >= 0.6 is 23.2 Å². The predicted molar refractivity (Wildman–Crippen MR) is 216 cm³/mol. The van der Waals surface area contributed by atoms with E-state index in [-0.39, 0.29) is 30.3 Å². The second kappa shape index (κ2) is 14.6. The van der Waals surface area contributed by atoms with E-state index in [1.54, 1.807) is 62.4 Å². The molecule has 1 saturated carbocycles. The molecular weight excluding hydrogens is 822 g/mol. The zero-order chi connectivity index (χ0) is 42.4. The van der Waals surface area contributed by atoms with Gasteiger partial charge in [0.2, 0.25) is 11.8 Å². The van der Waals surface area contributed by atoms with Gasteiger partial charge in [-0.3, -0.25) is 29.5 Å². The Bertz CT molecular complexity index is 2470. The zero-order valence-electron chi connectivity index (χ0n) is 32.3. The predicted octanol–water partition coefficient (Wildman–Crippen LogP) is 7.76. The van der Waals surface area contributed by atoms with E-state index in [0.717, 1.165) is 10.7 Å². The van der Waals surface area contributed by atoms with Crippen molar-refractivity contribution in [3.63, 3.8) is 0 Å². The molecule has 0 radical (unpaired) electrons. The number of ether oxygens (including phenoxy) is 1. The zero-order valence-corrected chi connectivity index (χ0v) is 33.8. The van der Waals surface area contributed by atoms with Gasteiger partial charge in [-0.2, -0.15) is 18.2 Å². The molecule has 0 spiro atoms. The Balaban J connectivity index is 1.17. The van der Waals surface area contributed by atoms with Crippen LogP contribution in [0.2, 0.25) is 10.0 Å². The number of nitrogens with one attached hydrogen (secondary N) is 1. The van der Waals surface area contributed by atoms with Crippen LogP contribution in [0.3, 0.4) is 0 Å². The number of hydrogen-bond acceptors (Lipinski definition) is 9. The molecule has 3 aliphatic heterocycles. The number of benzene rings is 3. The summed E-state index contributed by atoms with van der Waals surface area (Å²) in [6.07, 6.45) is -2.12. The van der Waals surface area contributed by atoms with E-state index in [2.05, 4.69) is 15.3 Å². The van der Waals surface area contributed by atoms with Gasteiger partial charge >= 0.3 is 6.18 Å². The topological polar surface area (TPSA) is 132 Å². The lowest BCUT2D eigenvalue weighted by Gasteiger charge is -2.50. The molecule has 310 valence electrons. The molecule has 4 fully saturated rings. The van der Waals surface area contributed by atoms with Crippen molar-refractivity contribution in [1.82, 2.24) is 9.99 Å². The first-order chi connectivity index (χ1) is 28.6. The number of anilines is 3. The number of hydrogen-bond donors (Lipinski definition) is 2. The van der Waals surface area contributed by atoms with Crippen molar-refractivity contribution in [2.75, 3.05) is 41.5 Å². The van der Waals surface area contributed by atoms with Gasteiger partial charge in [0.25, 0.3) is 11.8 Å². The van der Waals surface area contributed by atoms with E-state index in [1.807, 2.05) is 18.2 Å². The van der Waals surface area contributed by atoms with E-state index in [9.17, 15) is 32.7 Å². The Labute approximate surface area is 352 Å². The number of hydrazine groups is 1. The van der Waals surface area contributed by atoms with Gasteiger partial charge in [-0.05, 0) is 97.3 Å². The Morgan fingerprint density at radius 3 is 2.15 bits per heavy atom. The third-order valence-corrected chi connectivity index (χ3v) is 13.4. The average molecular weight is 861 g/mol. The molecule has 11 nitrogen and oxygen atoms in total. The fourth-order valence-electron chi connectivity index (χ4n) is 10.2. The van der Waals surface area contributed by atoms with Crippen LogP contribution in [0.15, 0.2) is 84.6 Å². The smallest absolute Gasteiger partial charge is 0.417 e. The third kappa shape index (κ3) is 6.16. The van der Waals surface area contributed by atoms with Gasteiger partial charge in [0.05, 0.1) is 52.7 Å². The summed E-state index contributed by atoms with van der Waals surface area (Å²) in [7, 11) is 0. The van der Waals surface area contributed by atoms with Crippen LogP contribution < -0.4 is 15.2 Å². The summed E-state index contributed by atoms with van der Waals surface area (Å²) in [4.78, 5) is 66.8. The standard InChI is InChI=1S/C44H38Cl2F3N5O6/c1-22-17-24(18-23(2)37(22)55)36-30-11-12-31-35(41(58)53(39(31)56)29-9-7-28(8-10-29)52-13-15-60-16-14-52)32(30)20-33-40(57)54(42(59)43(33,36)25-3-5-27(45)6-4-25)51-38-34(46)19-26(21-50-38)44(47,48)49/h3-11,17-19,21,31-33,35-36,55H,12-16,20H2,1-2H3,(H,50,51). The number of nitrogens with zero attached hydrogens (tertiary/aromatic N) is 4.